The Morgan fingerprint density at radius 3 is 2.36 bits per heavy atom. The first kappa shape index (κ1) is 23.8. The fraction of sp³-hybridized carbons (Fsp3) is 0.619. The molecule has 0 saturated carbocycles. The number of carbonyl (C=O) groups excluding carboxylic acids is 2. The van der Waals surface area contributed by atoms with Gasteiger partial charge in [0, 0.05) is 12.6 Å². The maximum atomic E-state index is 11.7. The van der Waals surface area contributed by atoms with Crippen molar-refractivity contribution >= 4 is 12.2 Å². The SMILES string of the molecule is CC(CCCNCCCNC(=O)OCc1ccccc1)NC(=O)OC(C)(C)C. The molecule has 0 aromatic heterocycles. The van der Waals surface area contributed by atoms with Crippen molar-refractivity contribution in [2.24, 2.45) is 0 Å². The largest absolute Gasteiger partial charge is 0.445 e. The zero-order chi connectivity index (χ0) is 20.8. The van der Waals surface area contributed by atoms with E-state index in [1.807, 2.05) is 58.0 Å². The molecular formula is C21H35N3O4. The Balaban J connectivity index is 1.94. The lowest BCUT2D eigenvalue weighted by Crippen LogP contribution is -2.38. The molecule has 0 aliphatic heterocycles. The Hall–Kier alpha value is -2.28. The molecule has 1 atom stereocenters. The normalized spacial score (nSPS) is 12.1. The van der Waals surface area contributed by atoms with Crippen LogP contribution in [-0.2, 0) is 16.1 Å². The second-order valence-corrected chi connectivity index (χ2v) is 7.78. The van der Waals surface area contributed by atoms with Gasteiger partial charge in [-0.05, 0) is 65.6 Å². The maximum Gasteiger partial charge on any atom is 0.407 e. The van der Waals surface area contributed by atoms with Gasteiger partial charge in [0.2, 0.25) is 0 Å². The monoisotopic (exact) mass is 393 g/mol. The van der Waals surface area contributed by atoms with Crippen LogP contribution in [0.15, 0.2) is 30.3 Å². The molecule has 0 spiro atoms. The molecule has 0 bridgehead atoms. The Bertz CT molecular complexity index is 573. The number of nitrogens with one attached hydrogen (secondary N) is 3. The molecule has 158 valence electrons. The van der Waals surface area contributed by atoms with Gasteiger partial charge in [0.1, 0.15) is 12.2 Å². The van der Waals surface area contributed by atoms with E-state index in [4.69, 9.17) is 9.47 Å². The van der Waals surface area contributed by atoms with Gasteiger partial charge in [0.05, 0.1) is 0 Å². The zero-order valence-corrected chi connectivity index (χ0v) is 17.5. The van der Waals surface area contributed by atoms with E-state index in [0.29, 0.717) is 6.54 Å². The van der Waals surface area contributed by atoms with Crippen molar-refractivity contribution in [1.29, 1.82) is 0 Å². The van der Waals surface area contributed by atoms with Gasteiger partial charge < -0.3 is 25.4 Å². The molecular weight excluding hydrogens is 358 g/mol. The fourth-order valence-electron chi connectivity index (χ4n) is 2.42. The third kappa shape index (κ3) is 13.0. The van der Waals surface area contributed by atoms with Crippen LogP contribution in [0.2, 0.25) is 0 Å². The molecule has 1 rings (SSSR count). The highest BCUT2D eigenvalue weighted by molar-refractivity contribution is 5.68. The van der Waals surface area contributed by atoms with Crippen molar-refractivity contribution in [2.45, 2.75) is 65.2 Å². The zero-order valence-electron chi connectivity index (χ0n) is 17.5. The summed E-state index contributed by atoms with van der Waals surface area (Å²) in [5.41, 5.74) is 0.489. The van der Waals surface area contributed by atoms with E-state index < -0.39 is 11.7 Å². The molecule has 0 fully saturated rings. The van der Waals surface area contributed by atoms with Crippen LogP contribution in [0.1, 0.15) is 52.5 Å². The molecule has 1 aromatic carbocycles. The Kier molecular flexibility index (Phi) is 11.0. The lowest BCUT2D eigenvalue weighted by molar-refractivity contribution is 0.0506. The first-order chi connectivity index (χ1) is 13.3. The molecule has 0 radical (unpaired) electrons. The van der Waals surface area contributed by atoms with Crippen molar-refractivity contribution in [3.63, 3.8) is 0 Å². The summed E-state index contributed by atoms with van der Waals surface area (Å²) in [5.74, 6) is 0. The number of alkyl carbamates (subject to hydrolysis) is 2. The number of hydrogen-bond acceptors (Lipinski definition) is 5. The van der Waals surface area contributed by atoms with E-state index in [1.165, 1.54) is 0 Å². The Labute approximate surface area is 168 Å². The van der Waals surface area contributed by atoms with Crippen LogP contribution in [0.3, 0.4) is 0 Å². The number of benzene rings is 1. The van der Waals surface area contributed by atoms with Gasteiger partial charge in [-0.25, -0.2) is 9.59 Å². The third-order valence-electron chi connectivity index (χ3n) is 3.77. The third-order valence-corrected chi connectivity index (χ3v) is 3.77. The minimum absolute atomic E-state index is 0.0673. The van der Waals surface area contributed by atoms with Crippen LogP contribution in [0, 0.1) is 0 Å². The molecule has 0 aliphatic carbocycles. The smallest absolute Gasteiger partial charge is 0.407 e. The summed E-state index contributed by atoms with van der Waals surface area (Å²) >= 11 is 0. The van der Waals surface area contributed by atoms with Crippen molar-refractivity contribution in [3.05, 3.63) is 35.9 Å². The van der Waals surface area contributed by atoms with Gasteiger partial charge in [-0.3, -0.25) is 0 Å². The summed E-state index contributed by atoms with van der Waals surface area (Å²) in [6, 6.07) is 9.65. The predicted octanol–water partition coefficient (Wildman–Crippen LogP) is 3.59. The standard InChI is InChI=1S/C21H35N3O4/c1-17(24-20(26)28-21(2,3)4)10-8-13-22-14-9-15-23-19(25)27-16-18-11-6-5-7-12-18/h5-7,11-12,17,22H,8-10,13-16H2,1-4H3,(H,23,25)(H,24,26). The van der Waals surface area contributed by atoms with Crippen LogP contribution in [0.4, 0.5) is 9.59 Å². The van der Waals surface area contributed by atoms with E-state index >= 15 is 0 Å². The van der Waals surface area contributed by atoms with E-state index in [1.54, 1.807) is 0 Å². The molecule has 28 heavy (non-hydrogen) atoms. The van der Waals surface area contributed by atoms with Crippen LogP contribution in [0.5, 0.6) is 0 Å². The molecule has 0 aliphatic rings. The highest BCUT2D eigenvalue weighted by Gasteiger charge is 2.17. The van der Waals surface area contributed by atoms with E-state index in [0.717, 1.165) is 37.9 Å². The second kappa shape index (κ2) is 13.0. The van der Waals surface area contributed by atoms with Crippen molar-refractivity contribution in [3.8, 4) is 0 Å². The lowest BCUT2D eigenvalue weighted by Gasteiger charge is -2.22. The lowest BCUT2D eigenvalue weighted by atomic mass is 10.2. The molecule has 7 heteroatoms. The molecule has 7 nitrogen and oxygen atoms in total. The number of amides is 2. The summed E-state index contributed by atoms with van der Waals surface area (Å²) in [6.07, 6.45) is 1.87. The van der Waals surface area contributed by atoms with Crippen LogP contribution in [0.25, 0.3) is 0 Å². The molecule has 1 aromatic rings. The van der Waals surface area contributed by atoms with Gasteiger partial charge in [-0.1, -0.05) is 30.3 Å². The van der Waals surface area contributed by atoms with Gasteiger partial charge in [0.15, 0.2) is 0 Å². The summed E-state index contributed by atoms with van der Waals surface area (Å²) in [6.45, 7) is 10.0. The maximum absolute atomic E-state index is 11.7. The molecule has 2 amide bonds. The van der Waals surface area contributed by atoms with Crippen molar-refractivity contribution in [2.75, 3.05) is 19.6 Å². The summed E-state index contributed by atoms with van der Waals surface area (Å²) in [4.78, 5) is 23.3. The van der Waals surface area contributed by atoms with Gasteiger partial charge in [0.25, 0.3) is 0 Å². The van der Waals surface area contributed by atoms with Gasteiger partial charge >= 0.3 is 12.2 Å². The van der Waals surface area contributed by atoms with Gasteiger partial charge in [-0.2, -0.15) is 0 Å². The highest BCUT2D eigenvalue weighted by Crippen LogP contribution is 2.07. The van der Waals surface area contributed by atoms with Crippen molar-refractivity contribution < 1.29 is 19.1 Å². The second-order valence-electron chi connectivity index (χ2n) is 7.78. The van der Waals surface area contributed by atoms with Crippen LogP contribution in [-0.4, -0.2) is 43.5 Å². The van der Waals surface area contributed by atoms with Crippen LogP contribution >= 0.6 is 0 Å². The van der Waals surface area contributed by atoms with Crippen molar-refractivity contribution in [1.82, 2.24) is 16.0 Å². The minimum atomic E-state index is -0.479. The number of hydrogen-bond donors (Lipinski definition) is 3. The van der Waals surface area contributed by atoms with Crippen LogP contribution < -0.4 is 16.0 Å². The summed E-state index contributed by atoms with van der Waals surface area (Å²) < 4.78 is 10.4. The molecule has 0 saturated heterocycles. The first-order valence-electron chi connectivity index (χ1n) is 9.91. The van der Waals surface area contributed by atoms with E-state index in [2.05, 4.69) is 16.0 Å². The quantitative estimate of drug-likeness (QED) is 0.500. The Morgan fingerprint density at radius 2 is 1.68 bits per heavy atom. The summed E-state index contributed by atoms with van der Waals surface area (Å²) in [7, 11) is 0. The number of rotatable bonds is 11. The first-order valence-corrected chi connectivity index (χ1v) is 9.91. The fourth-order valence-corrected chi connectivity index (χ4v) is 2.42. The topological polar surface area (TPSA) is 88.7 Å². The summed E-state index contributed by atoms with van der Waals surface area (Å²) in [5, 5.41) is 8.90. The highest BCUT2D eigenvalue weighted by atomic mass is 16.6. The number of ether oxygens (including phenoxy) is 2. The Morgan fingerprint density at radius 1 is 1.00 bits per heavy atom. The molecule has 1 unspecified atom stereocenters. The average molecular weight is 394 g/mol. The molecule has 3 N–H and O–H groups in total. The minimum Gasteiger partial charge on any atom is -0.445 e. The molecule has 0 heterocycles. The van der Waals surface area contributed by atoms with E-state index in [9.17, 15) is 9.59 Å². The number of carbonyl (C=O) groups is 2. The van der Waals surface area contributed by atoms with Gasteiger partial charge in [-0.15, -0.1) is 0 Å². The predicted molar refractivity (Wildman–Crippen MR) is 110 cm³/mol. The van der Waals surface area contributed by atoms with E-state index in [-0.39, 0.29) is 18.7 Å². The average Bonchev–Trinajstić information content (AvgIpc) is 2.61.